The van der Waals surface area contributed by atoms with Gasteiger partial charge in [-0.05, 0) is 91.8 Å². The van der Waals surface area contributed by atoms with Crippen LogP contribution in [0.15, 0.2) is 71.6 Å². The zero-order chi connectivity index (χ0) is 24.2. The molecule has 0 saturated carbocycles. The summed E-state index contributed by atoms with van der Waals surface area (Å²) in [6, 6.07) is 19.7. The molecule has 0 radical (unpaired) electrons. The Hall–Kier alpha value is -3.12. The molecule has 0 aliphatic heterocycles. The van der Waals surface area contributed by atoms with E-state index in [0.717, 1.165) is 23.1 Å². The van der Waals surface area contributed by atoms with Crippen molar-refractivity contribution in [3.63, 3.8) is 0 Å². The second-order valence-electron chi connectivity index (χ2n) is 8.98. The van der Waals surface area contributed by atoms with Crippen molar-refractivity contribution in [2.24, 2.45) is 5.92 Å². The van der Waals surface area contributed by atoms with Crippen LogP contribution in [-0.2, 0) is 21.2 Å². The fraction of sp³-hybridized carbons (Fsp3) is 0.296. The van der Waals surface area contributed by atoms with E-state index in [1.54, 1.807) is 24.3 Å². The number of nitrogens with one attached hydrogen (secondary N) is 2. The van der Waals surface area contributed by atoms with Crippen LogP contribution in [0.1, 0.15) is 48.9 Å². The summed E-state index contributed by atoms with van der Waals surface area (Å²) in [7, 11) is -3.72. The first-order valence-corrected chi connectivity index (χ1v) is 12.6. The summed E-state index contributed by atoms with van der Waals surface area (Å²) in [4.78, 5) is 12.8. The number of carbonyl (C=O) groups is 1. The lowest BCUT2D eigenvalue weighted by Gasteiger charge is -2.14. The van der Waals surface area contributed by atoms with Gasteiger partial charge in [-0.25, -0.2) is 8.42 Å². The van der Waals surface area contributed by atoms with Crippen LogP contribution >= 0.6 is 0 Å². The molecule has 0 aliphatic rings. The molecule has 6 heteroatoms. The molecule has 2 N–H and O–H groups in total. The van der Waals surface area contributed by atoms with E-state index in [-0.39, 0.29) is 16.7 Å². The Morgan fingerprint density at radius 2 is 1.42 bits per heavy atom. The Morgan fingerprint density at radius 1 is 0.818 bits per heavy atom. The summed E-state index contributed by atoms with van der Waals surface area (Å²) in [5.74, 6) is 0.114. The molecule has 0 bridgehead atoms. The highest BCUT2D eigenvalue weighted by Crippen LogP contribution is 2.22. The smallest absolute Gasteiger partial charge is 0.261 e. The van der Waals surface area contributed by atoms with Crippen LogP contribution in [0.25, 0.3) is 0 Å². The number of hydrogen-bond donors (Lipinski definition) is 2. The lowest BCUT2D eigenvalue weighted by molar-refractivity contribution is -0.117. The molecule has 1 unspecified atom stereocenters. The van der Waals surface area contributed by atoms with Gasteiger partial charge in [-0.3, -0.25) is 9.52 Å². The Bertz CT molecular complexity index is 1220. The molecule has 0 spiro atoms. The van der Waals surface area contributed by atoms with Gasteiger partial charge in [-0.2, -0.15) is 0 Å². The third kappa shape index (κ3) is 6.45. The number of benzene rings is 3. The van der Waals surface area contributed by atoms with Crippen LogP contribution in [0.5, 0.6) is 0 Å². The standard InChI is InChI=1S/C27H32N2O3S/c1-18(2)16-22-7-9-23(10-8-22)21(5)27(30)28-24-12-14-26(15-13-24)33(31,32)29-25-11-6-19(3)20(4)17-25/h6-15,17-18,21,29H,16H2,1-5H3,(H,28,30). The molecule has 0 aliphatic carbocycles. The van der Waals surface area contributed by atoms with Gasteiger partial charge in [0.15, 0.2) is 0 Å². The van der Waals surface area contributed by atoms with E-state index < -0.39 is 10.0 Å². The molecule has 3 rings (SSSR count). The summed E-state index contributed by atoms with van der Waals surface area (Å²) in [5, 5.41) is 2.87. The topological polar surface area (TPSA) is 75.3 Å². The molecular weight excluding hydrogens is 432 g/mol. The van der Waals surface area contributed by atoms with Crippen LogP contribution in [0.3, 0.4) is 0 Å². The molecule has 0 heterocycles. The van der Waals surface area contributed by atoms with Crippen molar-refractivity contribution in [1.82, 2.24) is 0 Å². The zero-order valence-electron chi connectivity index (χ0n) is 19.8. The molecule has 1 amide bonds. The minimum Gasteiger partial charge on any atom is -0.326 e. The Balaban J connectivity index is 1.65. The van der Waals surface area contributed by atoms with Crippen molar-refractivity contribution in [2.45, 2.75) is 51.9 Å². The maximum absolute atomic E-state index is 12.7. The van der Waals surface area contributed by atoms with Gasteiger partial charge in [0, 0.05) is 11.4 Å². The summed E-state index contributed by atoms with van der Waals surface area (Å²) >= 11 is 0. The van der Waals surface area contributed by atoms with Crippen LogP contribution in [0.2, 0.25) is 0 Å². The summed E-state index contributed by atoms with van der Waals surface area (Å²) in [6.07, 6.45) is 1.01. The maximum Gasteiger partial charge on any atom is 0.261 e. The fourth-order valence-electron chi connectivity index (χ4n) is 3.55. The second-order valence-corrected chi connectivity index (χ2v) is 10.7. The first-order chi connectivity index (χ1) is 15.5. The van der Waals surface area contributed by atoms with Gasteiger partial charge in [0.2, 0.25) is 5.91 Å². The van der Waals surface area contributed by atoms with Crippen LogP contribution in [-0.4, -0.2) is 14.3 Å². The third-order valence-corrected chi connectivity index (χ3v) is 7.11. The maximum atomic E-state index is 12.7. The first kappa shape index (κ1) is 24.5. The molecule has 33 heavy (non-hydrogen) atoms. The number of sulfonamides is 1. The predicted molar refractivity (Wildman–Crippen MR) is 135 cm³/mol. The molecule has 0 saturated heterocycles. The normalized spacial score (nSPS) is 12.4. The van der Waals surface area contributed by atoms with Crippen LogP contribution < -0.4 is 10.0 Å². The van der Waals surface area contributed by atoms with Gasteiger partial charge in [0.05, 0.1) is 10.8 Å². The second kappa shape index (κ2) is 10.2. The average molecular weight is 465 g/mol. The Labute approximate surface area is 197 Å². The minimum absolute atomic E-state index is 0.132. The molecule has 1 atom stereocenters. The Kier molecular flexibility index (Phi) is 7.59. The number of anilines is 2. The van der Waals surface area contributed by atoms with Gasteiger partial charge in [0.1, 0.15) is 0 Å². The molecule has 3 aromatic carbocycles. The lowest BCUT2D eigenvalue weighted by atomic mass is 9.96. The molecule has 0 aromatic heterocycles. The van der Waals surface area contributed by atoms with Crippen molar-refractivity contribution in [2.75, 3.05) is 10.0 Å². The van der Waals surface area contributed by atoms with E-state index >= 15 is 0 Å². The molecule has 3 aromatic rings. The monoisotopic (exact) mass is 464 g/mol. The third-order valence-electron chi connectivity index (χ3n) is 5.71. The number of carbonyl (C=O) groups excluding carboxylic acids is 1. The minimum atomic E-state index is -3.72. The van der Waals surface area contributed by atoms with E-state index in [2.05, 4.69) is 36.0 Å². The average Bonchev–Trinajstić information content (AvgIpc) is 2.76. The van der Waals surface area contributed by atoms with E-state index in [4.69, 9.17) is 0 Å². The van der Waals surface area contributed by atoms with E-state index in [1.807, 2.05) is 39.0 Å². The highest BCUT2D eigenvalue weighted by atomic mass is 32.2. The van der Waals surface area contributed by atoms with Crippen molar-refractivity contribution in [1.29, 1.82) is 0 Å². The van der Waals surface area contributed by atoms with Crippen molar-refractivity contribution in [3.8, 4) is 0 Å². The van der Waals surface area contributed by atoms with E-state index in [1.165, 1.54) is 17.7 Å². The quantitative estimate of drug-likeness (QED) is 0.426. The number of amides is 1. The molecule has 5 nitrogen and oxygen atoms in total. The van der Waals surface area contributed by atoms with Crippen LogP contribution in [0.4, 0.5) is 11.4 Å². The highest BCUT2D eigenvalue weighted by molar-refractivity contribution is 7.92. The fourth-order valence-corrected chi connectivity index (χ4v) is 4.60. The number of aryl methyl sites for hydroxylation is 2. The lowest BCUT2D eigenvalue weighted by Crippen LogP contribution is -2.19. The number of rotatable bonds is 8. The molecule has 0 fully saturated rings. The van der Waals surface area contributed by atoms with Gasteiger partial charge >= 0.3 is 0 Å². The van der Waals surface area contributed by atoms with Gasteiger partial charge < -0.3 is 5.32 Å². The van der Waals surface area contributed by atoms with Crippen molar-refractivity contribution < 1.29 is 13.2 Å². The van der Waals surface area contributed by atoms with E-state index in [0.29, 0.717) is 17.3 Å². The predicted octanol–water partition coefficient (Wildman–Crippen LogP) is 6.04. The van der Waals surface area contributed by atoms with Crippen molar-refractivity contribution in [3.05, 3.63) is 89.0 Å². The summed E-state index contributed by atoms with van der Waals surface area (Å²) < 4.78 is 28.0. The SMILES string of the molecule is Cc1ccc(NS(=O)(=O)c2ccc(NC(=O)C(C)c3ccc(CC(C)C)cc3)cc2)cc1C. The molecular formula is C27H32N2O3S. The summed E-state index contributed by atoms with van der Waals surface area (Å²) in [6.45, 7) is 10.1. The Morgan fingerprint density at radius 3 is 2.00 bits per heavy atom. The van der Waals surface area contributed by atoms with E-state index in [9.17, 15) is 13.2 Å². The zero-order valence-corrected chi connectivity index (χ0v) is 20.7. The van der Waals surface area contributed by atoms with Crippen molar-refractivity contribution >= 4 is 27.3 Å². The van der Waals surface area contributed by atoms with Gasteiger partial charge in [-0.15, -0.1) is 0 Å². The largest absolute Gasteiger partial charge is 0.326 e. The van der Waals surface area contributed by atoms with Crippen LogP contribution in [0, 0.1) is 19.8 Å². The first-order valence-electron chi connectivity index (χ1n) is 11.1. The highest BCUT2D eigenvalue weighted by Gasteiger charge is 2.17. The summed E-state index contributed by atoms with van der Waals surface area (Å²) in [5.41, 5.74) is 5.37. The number of hydrogen-bond acceptors (Lipinski definition) is 3. The molecule has 174 valence electrons. The van der Waals surface area contributed by atoms with Gasteiger partial charge in [0.25, 0.3) is 10.0 Å². The van der Waals surface area contributed by atoms with Gasteiger partial charge in [-0.1, -0.05) is 44.2 Å².